The Morgan fingerprint density at radius 3 is 1.56 bits per heavy atom. The summed E-state index contributed by atoms with van der Waals surface area (Å²) in [5.41, 5.74) is 0.861. The van der Waals surface area contributed by atoms with Crippen molar-refractivity contribution < 1.29 is 0 Å². The van der Waals surface area contributed by atoms with Gasteiger partial charge < -0.3 is 0 Å². The van der Waals surface area contributed by atoms with Gasteiger partial charge in [0.05, 0.1) is 0 Å². The molecule has 0 bridgehead atoms. The summed E-state index contributed by atoms with van der Waals surface area (Å²) in [5.74, 6) is 3.14. The van der Waals surface area contributed by atoms with Crippen molar-refractivity contribution in [1.82, 2.24) is 0 Å². The van der Waals surface area contributed by atoms with Crippen molar-refractivity contribution in [3.8, 4) is 0 Å². The van der Waals surface area contributed by atoms with E-state index in [1.165, 1.54) is 12.8 Å². The van der Waals surface area contributed by atoms with Crippen LogP contribution in [0.2, 0.25) is 0 Å². The van der Waals surface area contributed by atoms with E-state index in [0.29, 0.717) is 0 Å². The quantitative estimate of drug-likeness (QED) is 0.465. The fourth-order valence-electron chi connectivity index (χ4n) is 2.93. The van der Waals surface area contributed by atoms with E-state index in [1.807, 2.05) is 0 Å². The van der Waals surface area contributed by atoms with Crippen LogP contribution in [0.1, 0.15) is 33.6 Å². The van der Waals surface area contributed by atoms with Crippen LogP contribution in [0.4, 0.5) is 0 Å². The Balaban J connectivity index is 2.01. The number of rotatable bonds is 0. The summed E-state index contributed by atoms with van der Waals surface area (Å²) in [4.78, 5) is 0. The third-order valence-corrected chi connectivity index (χ3v) is 3.91. The van der Waals surface area contributed by atoms with E-state index < -0.39 is 0 Å². The van der Waals surface area contributed by atoms with Gasteiger partial charge in [-0.3, -0.25) is 0 Å². The first-order chi connectivity index (χ1) is 4.17. The Labute approximate surface area is 57.6 Å². The van der Waals surface area contributed by atoms with E-state index in [4.69, 9.17) is 0 Å². The van der Waals surface area contributed by atoms with E-state index in [1.54, 1.807) is 0 Å². The van der Waals surface area contributed by atoms with Gasteiger partial charge in [-0.15, -0.1) is 0 Å². The Kier molecular flexibility index (Phi) is 0.868. The highest BCUT2D eigenvalue weighted by Crippen LogP contribution is 2.71. The molecule has 2 aliphatic carbocycles. The van der Waals surface area contributed by atoms with Gasteiger partial charge in [0.2, 0.25) is 0 Å². The molecule has 0 aromatic carbocycles. The number of hydrogen-bond acceptors (Lipinski definition) is 0. The van der Waals surface area contributed by atoms with Crippen LogP contribution < -0.4 is 0 Å². The first-order valence-corrected chi connectivity index (χ1v) is 4.17. The molecule has 0 aromatic heterocycles. The highest BCUT2D eigenvalue weighted by Gasteiger charge is 2.63. The van der Waals surface area contributed by atoms with Gasteiger partial charge in [0, 0.05) is 0 Å². The minimum absolute atomic E-state index is 0.861. The summed E-state index contributed by atoms with van der Waals surface area (Å²) in [6.45, 7) is 7.20. The van der Waals surface area contributed by atoms with E-state index in [-0.39, 0.29) is 0 Å². The van der Waals surface area contributed by atoms with Crippen LogP contribution in [-0.4, -0.2) is 0 Å². The minimum atomic E-state index is 0.861. The lowest BCUT2D eigenvalue weighted by Gasteiger charge is -2.34. The molecule has 2 saturated carbocycles. The van der Waals surface area contributed by atoms with Gasteiger partial charge in [-0.1, -0.05) is 20.8 Å². The summed E-state index contributed by atoms with van der Waals surface area (Å²) in [5, 5.41) is 0. The van der Waals surface area contributed by atoms with Crippen LogP contribution in [0.15, 0.2) is 0 Å². The molecule has 9 heavy (non-hydrogen) atoms. The normalized spacial score (nSPS) is 63.7. The Hall–Kier alpha value is 0. The summed E-state index contributed by atoms with van der Waals surface area (Å²) >= 11 is 0. The summed E-state index contributed by atoms with van der Waals surface area (Å²) < 4.78 is 0. The van der Waals surface area contributed by atoms with Gasteiger partial charge in [-0.25, -0.2) is 0 Å². The third-order valence-electron chi connectivity index (χ3n) is 3.91. The Bertz CT molecular complexity index is 121. The van der Waals surface area contributed by atoms with Gasteiger partial charge in [-0.05, 0) is 36.0 Å². The van der Waals surface area contributed by atoms with Gasteiger partial charge in [-0.2, -0.15) is 0 Å². The highest BCUT2D eigenvalue weighted by atomic mass is 14.7. The zero-order chi connectivity index (χ0) is 6.65. The SMILES string of the molecule is CC1CC2(C1)C(C)C2C. The maximum absolute atomic E-state index is 2.41. The summed E-state index contributed by atoms with van der Waals surface area (Å²) in [6.07, 6.45) is 3.05. The van der Waals surface area contributed by atoms with Crippen molar-refractivity contribution in [3.05, 3.63) is 0 Å². The topological polar surface area (TPSA) is 0 Å². The molecule has 0 N–H and O–H groups in total. The van der Waals surface area contributed by atoms with Gasteiger partial charge >= 0.3 is 0 Å². The molecule has 1 spiro atoms. The molecule has 2 aliphatic rings. The van der Waals surface area contributed by atoms with Crippen LogP contribution in [0.25, 0.3) is 0 Å². The molecule has 0 aromatic rings. The largest absolute Gasteiger partial charge is 0.0625 e. The average Bonchev–Trinajstić information content (AvgIpc) is 2.18. The van der Waals surface area contributed by atoms with Gasteiger partial charge in [0.25, 0.3) is 0 Å². The van der Waals surface area contributed by atoms with Crippen LogP contribution in [-0.2, 0) is 0 Å². The predicted octanol–water partition coefficient (Wildman–Crippen LogP) is 2.69. The Morgan fingerprint density at radius 1 is 1.00 bits per heavy atom. The lowest BCUT2D eigenvalue weighted by atomic mass is 9.70. The van der Waals surface area contributed by atoms with Crippen molar-refractivity contribution in [2.24, 2.45) is 23.2 Å². The predicted molar refractivity (Wildman–Crippen MR) is 39.2 cm³/mol. The van der Waals surface area contributed by atoms with E-state index in [2.05, 4.69) is 20.8 Å². The van der Waals surface area contributed by atoms with Gasteiger partial charge in [0.1, 0.15) is 0 Å². The molecule has 0 amide bonds. The van der Waals surface area contributed by atoms with Crippen molar-refractivity contribution in [1.29, 1.82) is 0 Å². The zero-order valence-electron chi connectivity index (χ0n) is 6.65. The molecule has 2 rings (SSSR count). The number of hydrogen-bond donors (Lipinski definition) is 0. The molecule has 0 heteroatoms. The molecule has 0 radical (unpaired) electrons. The van der Waals surface area contributed by atoms with Crippen LogP contribution >= 0.6 is 0 Å². The van der Waals surface area contributed by atoms with Crippen molar-refractivity contribution >= 4 is 0 Å². The molecule has 0 heterocycles. The van der Waals surface area contributed by atoms with Crippen molar-refractivity contribution in [2.75, 3.05) is 0 Å². The molecule has 2 fully saturated rings. The second-order valence-corrected chi connectivity index (χ2v) is 4.32. The van der Waals surface area contributed by atoms with Crippen LogP contribution in [0.5, 0.6) is 0 Å². The average molecular weight is 124 g/mol. The first-order valence-electron chi connectivity index (χ1n) is 4.17. The van der Waals surface area contributed by atoms with E-state index in [9.17, 15) is 0 Å². The summed E-state index contributed by atoms with van der Waals surface area (Å²) in [7, 11) is 0. The van der Waals surface area contributed by atoms with Crippen LogP contribution in [0, 0.1) is 23.2 Å². The molecule has 52 valence electrons. The first kappa shape index (κ1) is 5.76. The molecular formula is C9H16. The molecule has 0 saturated heterocycles. The molecule has 0 aliphatic heterocycles. The standard InChI is InChI=1S/C9H16/c1-6-4-9(5-6)7(2)8(9)3/h6-8H,4-5H2,1-3H3. The maximum atomic E-state index is 2.41. The second kappa shape index (κ2) is 1.36. The lowest BCUT2D eigenvalue weighted by Crippen LogP contribution is -2.25. The monoisotopic (exact) mass is 124 g/mol. The van der Waals surface area contributed by atoms with E-state index in [0.717, 1.165) is 23.2 Å². The maximum Gasteiger partial charge on any atom is -0.0236 e. The fraction of sp³-hybridized carbons (Fsp3) is 1.00. The zero-order valence-corrected chi connectivity index (χ0v) is 6.65. The third kappa shape index (κ3) is 0.500. The molecule has 2 unspecified atom stereocenters. The van der Waals surface area contributed by atoms with Crippen molar-refractivity contribution in [2.45, 2.75) is 33.6 Å². The minimum Gasteiger partial charge on any atom is -0.0625 e. The highest BCUT2D eigenvalue weighted by molar-refractivity contribution is 5.12. The lowest BCUT2D eigenvalue weighted by molar-refractivity contribution is 0.156. The van der Waals surface area contributed by atoms with Crippen molar-refractivity contribution in [3.63, 3.8) is 0 Å². The second-order valence-electron chi connectivity index (χ2n) is 4.32. The smallest absolute Gasteiger partial charge is 0.0236 e. The Morgan fingerprint density at radius 2 is 1.44 bits per heavy atom. The van der Waals surface area contributed by atoms with E-state index >= 15 is 0 Å². The molecular weight excluding hydrogens is 108 g/mol. The summed E-state index contributed by atoms with van der Waals surface area (Å²) in [6, 6.07) is 0. The van der Waals surface area contributed by atoms with Crippen LogP contribution in [0.3, 0.4) is 0 Å². The molecule has 2 atom stereocenters. The fourth-order valence-corrected chi connectivity index (χ4v) is 2.93. The molecule has 0 nitrogen and oxygen atoms in total. The van der Waals surface area contributed by atoms with Gasteiger partial charge in [0.15, 0.2) is 0 Å².